The normalized spacial score (nSPS) is 17.4. The largest absolute Gasteiger partial charge is 0.463 e. The molecule has 2 N–H and O–H groups in total. The number of ether oxygens (including phenoxy) is 2. The third-order valence-electron chi connectivity index (χ3n) is 3.59. The Bertz CT molecular complexity index is 779. The van der Waals surface area contributed by atoms with Crippen LogP contribution in [0.5, 0.6) is 0 Å². The molecule has 1 heterocycles. The van der Waals surface area contributed by atoms with Crippen molar-refractivity contribution < 1.29 is 14.3 Å². The van der Waals surface area contributed by atoms with Crippen LogP contribution in [0.1, 0.15) is 31.7 Å². The molecular formula is C17H16Cl2N2O3. The van der Waals surface area contributed by atoms with Crippen LogP contribution in [0.15, 0.2) is 41.0 Å². The average molecular weight is 367 g/mol. The minimum Gasteiger partial charge on any atom is -0.463 e. The van der Waals surface area contributed by atoms with Gasteiger partial charge in [-0.25, -0.2) is 4.79 Å². The van der Waals surface area contributed by atoms with E-state index < -0.39 is 11.9 Å². The van der Waals surface area contributed by atoms with Crippen molar-refractivity contribution in [2.75, 3.05) is 6.61 Å². The SMILES string of the molecule is CCOC(=O)C1=C(CC)OC(N)=C(C#N)[C@H]1c1ccc(Cl)c(Cl)c1. The summed E-state index contributed by atoms with van der Waals surface area (Å²) >= 11 is 12.1. The van der Waals surface area contributed by atoms with E-state index in [-0.39, 0.29) is 23.6 Å². The van der Waals surface area contributed by atoms with Gasteiger partial charge in [-0.2, -0.15) is 5.26 Å². The van der Waals surface area contributed by atoms with E-state index >= 15 is 0 Å². The van der Waals surface area contributed by atoms with Gasteiger partial charge in [-0.1, -0.05) is 36.2 Å². The van der Waals surface area contributed by atoms with Crippen molar-refractivity contribution in [1.82, 2.24) is 0 Å². The van der Waals surface area contributed by atoms with Crippen LogP contribution in [0.2, 0.25) is 10.0 Å². The summed E-state index contributed by atoms with van der Waals surface area (Å²) in [5.74, 6) is -0.919. The third kappa shape index (κ3) is 3.35. The van der Waals surface area contributed by atoms with Crippen LogP contribution < -0.4 is 5.73 Å². The predicted octanol–water partition coefficient (Wildman–Crippen LogP) is 4.03. The molecule has 1 aromatic rings. The molecule has 0 radical (unpaired) electrons. The molecule has 1 aliphatic heterocycles. The number of nitriles is 1. The van der Waals surface area contributed by atoms with E-state index in [1.165, 1.54) is 0 Å². The van der Waals surface area contributed by atoms with E-state index in [2.05, 4.69) is 0 Å². The first kappa shape index (κ1) is 18.2. The van der Waals surface area contributed by atoms with Crippen LogP contribution in [-0.4, -0.2) is 12.6 Å². The maximum Gasteiger partial charge on any atom is 0.338 e. The maximum absolute atomic E-state index is 12.5. The molecule has 0 saturated heterocycles. The number of esters is 1. The highest BCUT2D eigenvalue weighted by molar-refractivity contribution is 6.42. The zero-order chi connectivity index (χ0) is 17.9. The number of nitrogens with zero attached hydrogens (tertiary/aromatic N) is 1. The molecule has 0 unspecified atom stereocenters. The Labute approximate surface area is 150 Å². The minimum atomic E-state index is -0.715. The summed E-state index contributed by atoms with van der Waals surface area (Å²) in [6.07, 6.45) is 0.422. The van der Waals surface area contributed by atoms with Gasteiger partial charge in [0.05, 0.1) is 28.1 Å². The molecule has 24 heavy (non-hydrogen) atoms. The Kier molecular flexibility index (Phi) is 5.76. The van der Waals surface area contributed by atoms with Crippen molar-refractivity contribution in [2.24, 2.45) is 5.73 Å². The lowest BCUT2D eigenvalue weighted by Gasteiger charge is -2.28. The molecule has 7 heteroatoms. The van der Waals surface area contributed by atoms with Crippen LogP contribution in [0.4, 0.5) is 0 Å². The summed E-state index contributed by atoms with van der Waals surface area (Å²) in [6.45, 7) is 3.73. The molecule has 0 spiro atoms. The van der Waals surface area contributed by atoms with Gasteiger partial charge in [-0.3, -0.25) is 0 Å². The van der Waals surface area contributed by atoms with Gasteiger partial charge in [-0.15, -0.1) is 0 Å². The van der Waals surface area contributed by atoms with E-state index in [0.717, 1.165) is 0 Å². The summed E-state index contributed by atoms with van der Waals surface area (Å²) in [5.41, 5.74) is 6.88. The van der Waals surface area contributed by atoms with E-state index in [1.54, 1.807) is 25.1 Å². The van der Waals surface area contributed by atoms with Gasteiger partial charge in [0.25, 0.3) is 0 Å². The lowest BCUT2D eigenvalue weighted by atomic mass is 9.82. The highest BCUT2D eigenvalue weighted by Gasteiger charge is 2.37. The number of hydrogen-bond donors (Lipinski definition) is 1. The Morgan fingerprint density at radius 1 is 1.38 bits per heavy atom. The number of hydrogen-bond acceptors (Lipinski definition) is 5. The van der Waals surface area contributed by atoms with Crippen molar-refractivity contribution in [3.63, 3.8) is 0 Å². The summed E-state index contributed by atoms with van der Waals surface area (Å²) in [4.78, 5) is 12.5. The van der Waals surface area contributed by atoms with Gasteiger partial charge in [0, 0.05) is 6.42 Å². The van der Waals surface area contributed by atoms with Crippen LogP contribution in [0, 0.1) is 11.3 Å². The number of carbonyl (C=O) groups excluding carboxylic acids is 1. The number of carbonyl (C=O) groups is 1. The van der Waals surface area contributed by atoms with Crippen molar-refractivity contribution in [3.05, 3.63) is 56.6 Å². The number of nitrogens with two attached hydrogens (primary N) is 1. The molecule has 0 bridgehead atoms. The molecule has 1 aromatic carbocycles. The zero-order valence-corrected chi connectivity index (χ0v) is 14.7. The van der Waals surface area contributed by atoms with E-state index in [1.807, 2.05) is 13.0 Å². The minimum absolute atomic E-state index is 0.0292. The second kappa shape index (κ2) is 7.61. The van der Waals surface area contributed by atoms with E-state index in [0.29, 0.717) is 27.8 Å². The van der Waals surface area contributed by atoms with Gasteiger partial charge in [0.2, 0.25) is 5.88 Å². The Morgan fingerprint density at radius 3 is 2.62 bits per heavy atom. The smallest absolute Gasteiger partial charge is 0.338 e. The second-order valence-corrected chi connectivity index (χ2v) is 5.82. The fraction of sp³-hybridized carbons (Fsp3) is 0.294. The summed E-state index contributed by atoms with van der Waals surface area (Å²) < 4.78 is 10.6. The van der Waals surface area contributed by atoms with Crippen molar-refractivity contribution >= 4 is 29.2 Å². The molecule has 0 aromatic heterocycles. The quantitative estimate of drug-likeness (QED) is 0.812. The maximum atomic E-state index is 12.5. The van der Waals surface area contributed by atoms with Gasteiger partial charge >= 0.3 is 5.97 Å². The number of rotatable bonds is 4. The second-order valence-electron chi connectivity index (χ2n) is 5.01. The first-order valence-electron chi connectivity index (χ1n) is 7.37. The van der Waals surface area contributed by atoms with E-state index in [4.69, 9.17) is 38.4 Å². The highest BCUT2D eigenvalue weighted by Crippen LogP contribution is 2.41. The van der Waals surface area contributed by atoms with Crippen molar-refractivity contribution in [3.8, 4) is 6.07 Å². The Hall–Kier alpha value is -2.16. The fourth-order valence-corrected chi connectivity index (χ4v) is 2.84. The van der Waals surface area contributed by atoms with Crippen molar-refractivity contribution in [2.45, 2.75) is 26.2 Å². The Morgan fingerprint density at radius 2 is 2.08 bits per heavy atom. The molecule has 1 atom stereocenters. The molecule has 0 amide bonds. The molecule has 126 valence electrons. The summed E-state index contributed by atoms with van der Waals surface area (Å²) in [5, 5.41) is 10.2. The summed E-state index contributed by atoms with van der Waals surface area (Å²) in [7, 11) is 0. The topological polar surface area (TPSA) is 85.3 Å². The van der Waals surface area contributed by atoms with Gasteiger partial charge in [0.1, 0.15) is 17.4 Å². The lowest BCUT2D eigenvalue weighted by molar-refractivity contribution is -0.139. The molecule has 0 saturated carbocycles. The molecule has 5 nitrogen and oxygen atoms in total. The molecule has 1 aliphatic rings. The molecule has 2 rings (SSSR count). The number of benzene rings is 1. The summed E-state index contributed by atoms with van der Waals surface area (Å²) in [6, 6.07) is 6.93. The highest BCUT2D eigenvalue weighted by atomic mass is 35.5. The van der Waals surface area contributed by atoms with Gasteiger partial charge < -0.3 is 15.2 Å². The first-order chi connectivity index (χ1) is 11.4. The third-order valence-corrected chi connectivity index (χ3v) is 4.33. The van der Waals surface area contributed by atoms with Crippen LogP contribution in [0.3, 0.4) is 0 Å². The number of allylic oxidation sites excluding steroid dienone is 2. The fourth-order valence-electron chi connectivity index (χ4n) is 2.54. The van der Waals surface area contributed by atoms with Crippen LogP contribution >= 0.6 is 23.2 Å². The molecule has 0 fully saturated rings. The Balaban J connectivity index is 2.68. The van der Waals surface area contributed by atoms with Gasteiger partial charge in [-0.05, 0) is 24.6 Å². The van der Waals surface area contributed by atoms with Crippen molar-refractivity contribution in [1.29, 1.82) is 5.26 Å². The van der Waals surface area contributed by atoms with Crippen LogP contribution in [0.25, 0.3) is 0 Å². The van der Waals surface area contributed by atoms with E-state index in [9.17, 15) is 10.1 Å². The average Bonchev–Trinajstić information content (AvgIpc) is 2.56. The standard InChI is InChI=1S/C17H16Cl2N2O3/c1-3-13-15(17(22)23-4-2)14(10(8-20)16(21)24-13)9-5-6-11(18)12(19)7-9/h5-7,14H,3-4,21H2,1-2H3/t14-/m1/s1. The zero-order valence-electron chi connectivity index (χ0n) is 13.2. The predicted molar refractivity (Wildman–Crippen MR) is 91.1 cm³/mol. The van der Waals surface area contributed by atoms with Crippen LogP contribution in [-0.2, 0) is 14.3 Å². The monoisotopic (exact) mass is 366 g/mol. The number of halogens is 2. The molecular weight excluding hydrogens is 351 g/mol. The molecule has 0 aliphatic carbocycles. The first-order valence-corrected chi connectivity index (χ1v) is 8.12. The lowest BCUT2D eigenvalue weighted by Crippen LogP contribution is -2.26. The van der Waals surface area contributed by atoms with Gasteiger partial charge in [0.15, 0.2) is 0 Å².